The largest absolute Gasteiger partial charge is 0.367 e. The number of nitrogens with zero attached hydrogens (tertiary/aromatic N) is 4. The van der Waals surface area contributed by atoms with E-state index in [-0.39, 0.29) is 0 Å². The van der Waals surface area contributed by atoms with Gasteiger partial charge in [-0.05, 0) is 0 Å². The minimum Gasteiger partial charge on any atom is -0.244 e. The minimum absolute atomic E-state index is 0.407. The number of urea groups is 2. The molecule has 0 spiro atoms. The average Bonchev–Trinajstić information content (AvgIpc) is 3.07. The van der Waals surface area contributed by atoms with Crippen molar-refractivity contribution in [1.82, 2.24) is 0 Å². The molecule has 0 atom stereocenters. The molecule has 0 bridgehead atoms. The zero-order valence-electron chi connectivity index (χ0n) is 9.38. The first-order valence-corrected chi connectivity index (χ1v) is 5.00. The first-order chi connectivity index (χ1) is 8.79. The van der Waals surface area contributed by atoms with Gasteiger partial charge < -0.3 is 0 Å². The molecule has 4 amide bonds. The molecule has 0 saturated carbocycles. The highest BCUT2D eigenvalue weighted by Gasteiger charge is 1.92. The van der Waals surface area contributed by atoms with E-state index in [9.17, 15) is 9.59 Å². The fourth-order valence-electron chi connectivity index (χ4n) is 0.840. The van der Waals surface area contributed by atoms with E-state index in [1.54, 1.807) is 0 Å². The molecule has 0 saturated heterocycles. The molecule has 6 heteroatoms. The molecule has 1 aromatic rings. The van der Waals surface area contributed by atoms with Gasteiger partial charge in [0.1, 0.15) is 0 Å². The first kappa shape index (κ1) is 13.3. The predicted octanol–water partition coefficient (Wildman–Crippen LogP) is 2.21. The van der Waals surface area contributed by atoms with Gasteiger partial charge in [-0.3, -0.25) is 0 Å². The van der Waals surface area contributed by atoms with Crippen LogP contribution in [0.3, 0.4) is 0 Å². The normalized spacial score (nSPS) is 14.0. The fraction of sp³-hybridized carbons (Fsp3) is 0. The van der Waals surface area contributed by atoms with Crippen molar-refractivity contribution in [2.45, 2.75) is 0 Å². The average molecular weight is 242 g/mol. The van der Waals surface area contributed by atoms with Gasteiger partial charge in [0.2, 0.25) is 0 Å². The van der Waals surface area contributed by atoms with E-state index >= 15 is 0 Å². The third-order valence-corrected chi connectivity index (χ3v) is 1.54. The number of benzene rings is 1. The van der Waals surface area contributed by atoms with Crippen molar-refractivity contribution in [3.8, 4) is 0 Å². The van der Waals surface area contributed by atoms with Gasteiger partial charge in [0.05, 0.1) is 24.9 Å². The highest BCUT2D eigenvalue weighted by Crippen LogP contribution is 1.82. The summed E-state index contributed by atoms with van der Waals surface area (Å²) in [5.41, 5.74) is 0. The lowest BCUT2D eigenvalue weighted by Crippen LogP contribution is -1.70. The Morgan fingerprint density at radius 3 is 0.833 bits per heavy atom. The summed E-state index contributed by atoms with van der Waals surface area (Å²) in [6.45, 7) is 0. The van der Waals surface area contributed by atoms with Gasteiger partial charge in [-0.25, -0.2) is 9.59 Å². The van der Waals surface area contributed by atoms with E-state index in [4.69, 9.17) is 0 Å². The Kier molecular flexibility index (Phi) is 6.21. The van der Waals surface area contributed by atoms with E-state index < -0.39 is 12.1 Å². The summed E-state index contributed by atoms with van der Waals surface area (Å²) in [7, 11) is 0. The summed E-state index contributed by atoms with van der Waals surface area (Å²) in [5.74, 6) is 0. The molecule has 18 heavy (non-hydrogen) atoms. The number of aliphatic imine (C=N–C) groups is 4. The van der Waals surface area contributed by atoms with Gasteiger partial charge in [-0.1, -0.05) is 36.4 Å². The van der Waals surface area contributed by atoms with Crippen LogP contribution in [0.25, 0.3) is 0 Å². The summed E-state index contributed by atoms with van der Waals surface area (Å²) < 4.78 is 0. The Balaban J connectivity index is 0.000000135. The van der Waals surface area contributed by atoms with E-state index in [0.29, 0.717) is 0 Å². The summed E-state index contributed by atoms with van der Waals surface area (Å²) in [5, 5.41) is 0. The number of hydrogen-bond acceptors (Lipinski definition) is 2. The monoisotopic (exact) mass is 242 g/mol. The summed E-state index contributed by atoms with van der Waals surface area (Å²) in [6, 6.07) is 11.2. The Bertz CT molecular complexity index is 417. The smallest absolute Gasteiger partial charge is 0.244 e. The lowest BCUT2D eigenvalue weighted by atomic mass is 10.4. The molecule has 1 aromatic carbocycles. The van der Waals surface area contributed by atoms with Gasteiger partial charge >= 0.3 is 12.1 Å². The SMILES string of the molecule is O=C1N=CC=N1.O=C1N=CC=N1.c1ccccc1. The van der Waals surface area contributed by atoms with Crippen LogP contribution in [0, 0.1) is 0 Å². The highest BCUT2D eigenvalue weighted by molar-refractivity contribution is 6.25. The van der Waals surface area contributed by atoms with Crippen molar-refractivity contribution >= 4 is 36.9 Å². The molecule has 2 aliphatic rings. The van der Waals surface area contributed by atoms with Crippen molar-refractivity contribution in [3.63, 3.8) is 0 Å². The van der Waals surface area contributed by atoms with Crippen LogP contribution in [0.15, 0.2) is 56.4 Å². The first-order valence-electron chi connectivity index (χ1n) is 5.00. The molecule has 0 radical (unpaired) electrons. The van der Waals surface area contributed by atoms with Gasteiger partial charge in [0, 0.05) is 0 Å². The Morgan fingerprint density at radius 1 is 0.500 bits per heavy atom. The molecular weight excluding hydrogens is 232 g/mol. The zero-order chi connectivity index (χ0) is 13.1. The summed E-state index contributed by atoms with van der Waals surface area (Å²) in [4.78, 5) is 32.7. The molecule has 0 unspecified atom stereocenters. The van der Waals surface area contributed by atoms with E-state index in [1.807, 2.05) is 36.4 Å². The topological polar surface area (TPSA) is 83.6 Å². The van der Waals surface area contributed by atoms with E-state index in [0.717, 1.165) is 0 Å². The van der Waals surface area contributed by atoms with Crippen LogP contribution in [0.2, 0.25) is 0 Å². The van der Waals surface area contributed by atoms with Crippen LogP contribution in [-0.4, -0.2) is 36.9 Å². The highest BCUT2D eigenvalue weighted by atomic mass is 16.2. The van der Waals surface area contributed by atoms with Crippen molar-refractivity contribution in [2.75, 3.05) is 0 Å². The van der Waals surface area contributed by atoms with Crippen molar-refractivity contribution in [1.29, 1.82) is 0 Å². The number of hydrogen-bond donors (Lipinski definition) is 0. The number of rotatable bonds is 0. The predicted molar refractivity (Wildman–Crippen MR) is 71.2 cm³/mol. The molecule has 2 aliphatic heterocycles. The van der Waals surface area contributed by atoms with Crippen LogP contribution in [0.4, 0.5) is 9.59 Å². The molecule has 0 aliphatic carbocycles. The molecule has 3 rings (SSSR count). The van der Waals surface area contributed by atoms with Gasteiger partial charge in [-0.2, -0.15) is 20.0 Å². The summed E-state index contributed by atoms with van der Waals surface area (Å²) in [6.07, 6.45) is 5.45. The lowest BCUT2D eigenvalue weighted by Gasteiger charge is -1.69. The van der Waals surface area contributed by atoms with Gasteiger partial charge in [-0.15, -0.1) is 0 Å². The van der Waals surface area contributed by atoms with Crippen LogP contribution in [0.5, 0.6) is 0 Å². The minimum atomic E-state index is -0.407. The third-order valence-electron chi connectivity index (χ3n) is 1.54. The molecule has 0 fully saturated rings. The van der Waals surface area contributed by atoms with Crippen LogP contribution < -0.4 is 0 Å². The second-order valence-electron chi connectivity index (χ2n) is 2.83. The van der Waals surface area contributed by atoms with Gasteiger partial charge in [0.25, 0.3) is 0 Å². The zero-order valence-corrected chi connectivity index (χ0v) is 9.38. The van der Waals surface area contributed by atoms with Crippen molar-refractivity contribution in [3.05, 3.63) is 36.4 Å². The molecule has 0 aromatic heterocycles. The Morgan fingerprint density at radius 2 is 0.722 bits per heavy atom. The number of carbonyl (C=O) groups excluding carboxylic acids is 2. The Hall–Kier alpha value is -2.76. The number of carbonyl (C=O) groups is 2. The van der Waals surface area contributed by atoms with E-state index in [1.165, 1.54) is 24.9 Å². The maximum Gasteiger partial charge on any atom is 0.367 e. The maximum absolute atomic E-state index is 9.85. The van der Waals surface area contributed by atoms with Crippen LogP contribution in [0.1, 0.15) is 0 Å². The van der Waals surface area contributed by atoms with Crippen LogP contribution >= 0.6 is 0 Å². The fourth-order valence-corrected chi connectivity index (χ4v) is 0.840. The standard InChI is InChI=1S/C6H6.2C3H2N2O/c1-2-4-6-5-3-1;2*6-3-4-1-2-5-3/h1-6H;2*1-2H. The molecule has 90 valence electrons. The number of amides is 4. The quantitative estimate of drug-likeness (QED) is 0.698. The Labute approximate surface area is 104 Å². The maximum atomic E-state index is 9.85. The molecule has 2 heterocycles. The van der Waals surface area contributed by atoms with Crippen molar-refractivity contribution < 1.29 is 9.59 Å². The van der Waals surface area contributed by atoms with Crippen LogP contribution in [-0.2, 0) is 0 Å². The molecular formula is C12H10N4O2. The lowest BCUT2D eigenvalue weighted by molar-refractivity contribution is 0.257. The van der Waals surface area contributed by atoms with Crippen molar-refractivity contribution in [2.24, 2.45) is 20.0 Å². The van der Waals surface area contributed by atoms with E-state index in [2.05, 4.69) is 20.0 Å². The second-order valence-corrected chi connectivity index (χ2v) is 2.83. The molecule has 6 nitrogen and oxygen atoms in total. The van der Waals surface area contributed by atoms with Gasteiger partial charge in [0.15, 0.2) is 0 Å². The third kappa shape index (κ3) is 6.67. The molecule has 0 N–H and O–H groups in total. The second kappa shape index (κ2) is 8.40. The summed E-state index contributed by atoms with van der Waals surface area (Å²) >= 11 is 0.